The smallest absolute Gasteiger partial charge is 0.118 e. The molecule has 7 rings (SSSR count). The molecule has 0 saturated carbocycles. The van der Waals surface area contributed by atoms with Crippen molar-refractivity contribution in [1.29, 1.82) is 0 Å². The van der Waals surface area contributed by atoms with E-state index in [1.165, 1.54) is 42.4 Å². The molecule has 5 heteroatoms. The van der Waals surface area contributed by atoms with E-state index in [0.29, 0.717) is 0 Å². The molecule has 0 spiro atoms. The van der Waals surface area contributed by atoms with Crippen molar-refractivity contribution in [1.82, 2.24) is 0 Å². The van der Waals surface area contributed by atoms with Crippen LogP contribution in [-0.4, -0.2) is 16.3 Å². The lowest BCUT2D eigenvalue weighted by Gasteiger charge is -2.36. The predicted octanol–water partition coefficient (Wildman–Crippen LogP) is 11.8. The third-order valence-electron chi connectivity index (χ3n) is 9.07. The lowest BCUT2D eigenvalue weighted by molar-refractivity contribution is -0.130. The number of hydrogen-bond donors (Lipinski definition) is 2. The van der Waals surface area contributed by atoms with Crippen molar-refractivity contribution in [2.24, 2.45) is 0 Å². The Labute approximate surface area is 280 Å². The van der Waals surface area contributed by atoms with Gasteiger partial charge in [-0.1, -0.05) is 84.9 Å². The maximum absolute atomic E-state index is 10.6. The van der Waals surface area contributed by atoms with Crippen LogP contribution >= 0.6 is 11.3 Å². The Morgan fingerprint density at radius 3 is 1.79 bits per heavy atom. The van der Waals surface area contributed by atoms with Crippen LogP contribution in [0.15, 0.2) is 146 Å². The predicted molar refractivity (Wildman–Crippen MR) is 200 cm³/mol. The van der Waals surface area contributed by atoms with Gasteiger partial charge in [-0.05, 0) is 111 Å². The van der Waals surface area contributed by atoms with Gasteiger partial charge in [0, 0.05) is 37.2 Å². The first kappa shape index (κ1) is 30.7. The van der Waals surface area contributed by atoms with Gasteiger partial charge in [0.05, 0.1) is 11.3 Å². The van der Waals surface area contributed by atoms with E-state index in [2.05, 4.69) is 138 Å². The number of rotatable bonds is 9. The minimum atomic E-state index is -1.03. The lowest BCUT2D eigenvalue weighted by Crippen LogP contribution is -2.48. The standard InChI is InChI=1S/C42H38N2O2S/c1-41(2,45)42(3,4)46-43-33-13-10-14-36(28-33)44(34-22-17-30(18-23-34)29-11-6-5-7-12-29)35-24-19-31(20-25-35)32-21-26-40-38(27-32)37-15-8-9-16-39(37)47-40/h5-28,43,45H,1-4H3. The maximum Gasteiger partial charge on any atom is 0.118 e. The van der Waals surface area contributed by atoms with Crippen molar-refractivity contribution < 1.29 is 9.94 Å². The number of aliphatic hydroxyl groups is 1. The van der Waals surface area contributed by atoms with E-state index in [9.17, 15) is 5.11 Å². The summed E-state index contributed by atoms with van der Waals surface area (Å²) in [6.07, 6.45) is 0. The average molecular weight is 635 g/mol. The monoisotopic (exact) mass is 634 g/mol. The molecule has 0 unspecified atom stereocenters. The van der Waals surface area contributed by atoms with Gasteiger partial charge in [0.15, 0.2) is 0 Å². The SMILES string of the molecule is CC(C)(O)C(C)(C)ONc1cccc(N(c2ccc(-c3ccccc3)cc2)c2ccc(-c3ccc4sc5ccccc5c4c3)cc2)c1. The van der Waals surface area contributed by atoms with Gasteiger partial charge in [0.25, 0.3) is 0 Å². The minimum absolute atomic E-state index is 0.790. The largest absolute Gasteiger partial charge is 0.387 e. The summed E-state index contributed by atoms with van der Waals surface area (Å²) in [5.41, 5.74) is 9.80. The molecular formula is C42H38N2O2S. The zero-order chi connectivity index (χ0) is 32.6. The second-order valence-electron chi connectivity index (χ2n) is 12.9. The molecule has 7 aromatic rings. The van der Waals surface area contributed by atoms with Gasteiger partial charge in [-0.3, -0.25) is 10.3 Å². The van der Waals surface area contributed by atoms with Gasteiger partial charge >= 0.3 is 0 Å². The van der Waals surface area contributed by atoms with Crippen LogP contribution in [0.2, 0.25) is 0 Å². The van der Waals surface area contributed by atoms with Gasteiger partial charge in [-0.15, -0.1) is 11.3 Å². The summed E-state index contributed by atoms with van der Waals surface area (Å²) in [7, 11) is 0. The van der Waals surface area contributed by atoms with Crippen molar-refractivity contribution in [3.63, 3.8) is 0 Å². The molecule has 234 valence electrons. The molecule has 6 aromatic carbocycles. The zero-order valence-electron chi connectivity index (χ0n) is 27.1. The Morgan fingerprint density at radius 2 is 1.11 bits per heavy atom. The summed E-state index contributed by atoms with van der Waals surface area (Å²) in [4.78, 5) is 8.24. The number of thiophene rings is 1. The zero-order valence-corrected chi connectivity index (χ0v) is 27.9. The first-order valence-electron chi connectivity index (χ1n) is 15.9. The van der Waals surface area contributed by atoms with E-state index in [4.69, 9.17) is 4.84 Å². The van der Waals surface area contributed by atoms with Crippen LogP contribution in [0.5, 0.6) is 0 Å². The Kier molecular flexibility index (Phi) is 8.06. The average Bonchev–Trinajstić information content (AvgIpc) is 3.46. The topological polar surface area (TPSA) is 44.7 Å². The Morgan fingerprint density at radius 1 is 0.532 bits per heavy atom. The van der Waals surface area contributed by atoms with Crippen LogP contribution in [0, 0.1) is 0 Å². The van der Waals surface area contributed by atoms with E-state index < -0.39 is 11.2 Å². The molecule has 0 aliphatic carbocycles. The van der Waals surface area contributed by atoms with E-state index in [-0.39, 0.29) is 0 Å². The molecule has 2 N–H and O–H groups in total. The molecule has 0 bridgehead atoms. The Hall–Kier alpha value is -4.94. The fourth-order valence-electron chi connectivity index (χ4n) is 5.61. The van der Waals surface area contributed by atoms with E-state index >= 15 is 0 Å². The molecule has 47 heavy (non-hydrogen) atoms. The normalized spacial score (nSPS) is 12.0. The third kappa shape index (κ3) is 6.26. The van der Waals surface area contributed by atoms with Gasteiger partial charge < -0.3 is 10.0 Å². The van der Waals surface area contributed by atoms with Crippen molar-refractivity contribution in [2.75, 3.05) is 10.4 Å². The van der Waals surface area contributed by atoms with Crippen LogP contribution in [0.25, 0.3) is 42.4 Å². The van der Waals surface area contributed by atoms with Gasteiger partial charge in [0.2, 0.25) is 0 Å². The van der Waals surface area contributed by atoms with Gasteiger partial charge in [-0.25, -0.2) is 0 Å². The number of anilines is 4. The Bertz CT molecular complexity index is 2140. The summed E-state index contributed by atoms with van der Waals surface area (Å²) in [6, 6.07) is 51.4. The highest BCUT2D eigenvalue weighted by atomic mass is 32.1. The fraction of sp³-hybridized carbons (Fsp3) is 0.143. The second-order valence-corrected chi connectivity index (χ2v) is 14.0. The first-order chi connectivity index (χ1) is 22.7. The number of nitrogens with zero attached hydrogens (tertiary/aromatic N) is 1. The molecule has 1 aromatic heterocycles. The summed E-state index contributed by atoms with van der Waals surface area (Å²) in [5, 5.41) is 13.2. The minimum Gasteiger partial charge on any atom is -0.387 e. The second kappa shape index (κ2) is 12.3. The highest BCUT2D eigenvalue weighted by Gasteiger charge is 2.37. The fourth-order valence-corrected chi connectivity index (χ4v) is 6.70. The van der Waals surface area contributed by atoms with E-state index in [1.54, 1.807) is 13.8 Å². The van der Waals surface area contributed by atoms with Crippen molar-refractivity contribution in [3.05, 3.63) is 146 Å². The number of hydrogen-bond acceptors (Lipinski definition) is 5. The van der Waals surface area contributed by atoms with Crippen LogP contribution in [0.3, 0.4) is 0 Å². The van der Waals surface area contributed by atoms with Crippen LogP contribution in [0.4, 0.5) is 22.7 Å². The third-order valence-corrected chi connectivity index (χ3v) is 10.2. The summed E-state index contributed by atoms with van der Waals surface area (Å²) in [5.74, 6) is 0. The molecular weight excluding hydrogens is 597 g/mol. The molecule has 1 heterocycles. The van der Waals surface area contributed by atoms with Crippen molar-refractivity contribution in [2.45, 2.75) is 38.9 Å². The highest BCUT2D eigenvalue weighted by molar-refractivity contribution is 7.25. The molecule has 0 radical (unpaired) electrons. The summed E-state index contributed by atoms with van der Waals surface area (Å²) in [6.45, 7) is 7.22. The Balaban J connectivity index is 1.24. The van der Waals surface area contributed by atoms with Crippen LogP contribution in [-0.2, 0) is 4.84 Å². The number of nitrogens with one attached hydrogen (secondary N) is 1. The quantitative estimate of drug-likeness (QED) is 0.155. The molecule has 0 saturated heterocycles. The van der Waals surface area contributed by atoms with Crippen LogP contribution < -0.4 is 10.4 Å². The van der Waals surface area contributed by atoms with E-state index in [1.807, 2.05) is 43.4 Å². The molecule has 0 atom stereocenters. The van der Waals surface area contributed by atoms with Gasteiger partial charge in [0.1, 0.15) is 5.60 Å². The number of benzene rings is 6. The highest BCUT2D eigenvalue weighted by Crippen LogP contribution is 2.40. The molecule has 0 fully saturated rings. The van der Waals surface area contributed by atoms with Gasteiger partial charge in [-0.2, -0.15) is 0 Å². The molecule has 0 aliphatic heterocycles. The van der Waals surface area contributed by atoms with Crippen molar-refractivity contribution in [3.8, 4) is 22.3 Å². The summed E-state index contributed by atoms with van der Waals surface area (Å²) < 4.78 is 2.62. The van der Waals surface area contributed by atoms with Crippen molar-refractivity contribution >= 4 is 54.3 Å². The number of fused-ring (bicyclic) bond motifs is 3. The molecule has 0 aliphatic rings. The summed E-state index contributed by atoms with van der Waals surface area (Å²) >= 11 is 1.84. The van der Waals surface area contributed by atoms with Crippen LogP contribution in [0.1, 0.15) is 27.7 Å². The van der Waals surface area contributed by atoms with E-state index in [0.717, 1.165) is 22.7 Å². The first-order valence-corrected chi connectivity index (χ1v) is 16.7. The molecule has 0 amide bonds. The maximum atomic E-state index is 10.6. The lowest BCUT2D eigenvalue weighted by atomic mass is 9.90. The molecule has 4 nitrogen and oxygen atoms in total.